The van der Waals surface area contributed by atoms with Crippen LogP contribution in [0.4, 0.5) is 0 Å². The summed E-state index contributed by atoms with van der Waals surface area (Å²) in [7, 11) is 0. The van der Waals surface area contributed by atoms with Crippen molar-refractivity contribution in [1.29, 1.82) is 0 Å². The average Bonchev–Trinajstić information content (AvgIpc) is 2.49. The molecule has 23 heavy (non-hydrogen) atoms. The van der Waals surface area contributed by atoms with E-state index in [0.717, 1.165) is 38.5 Å². The van der Waals surface area contributed by atoms with Crippen LogP contribution in [0, 0.1) is 0 Å². The van der Waals surface area contributed by atoms with Crippen LogP contribution in [0.15, 0.2) is 12.2 Å². The Hall–Kier alpha value is -1.12. The molecule has 3 nitrogen and oxygen atoms in total. The average molecular weight is 325 g/mol. The second-order valence-electron chi connectivity index (χ2n) is 6.53. The van der Waals surface area contributed by atoms with Gasteiger partial charge in [0.2, 0.25) is 0 Å². The Morgan fingerprint density at radius 3 is 1.48 bits per heavy atom. The Morgan fingerprint density at radius 2 is 1.04 bits per heavy atom. The van der Waals surface area contributed by atoms with Crippen LogP contribution in [0.2, 0.25) is 0 Å². The third-order valence-electron chi connectivity index (χ3n) is 4.08. The quantitative estimate of drug-likeness (QED) is 0.261. The molecule has 0 fully saturated rings. The number of carboxylic acids is 1. The predicted molar refractivity (Wildman–Crippen MR) is 96.7 cm³/mol. The molecule has 0 aliphatic carbocycles. The molecule has 0 aliphatic heterocycles. The van der Waals surface area contributed by atoms with Gasteiger partial charge in [0.1, 0.15) is 5.78 Å². The van der Waals surface area contributed by atoms with E-state index >= 15 is 0 Å². The van der Waals surface area contributed by atoms with E-state index in [4.69, 9.17) is 5.11 Å². The zero-order valence-electron chi connectivity index (χ0n) is 15.0. The molecule has 3 heteroatoms. The summed E-state index contributed by atoms with van der Waals surface area (Å²) >= 11 is 0. The first-order valence-electron chi connectivity index (χ1n) is 9.49. The van der Waals surface area contributed by atoms with E-state index in [1.807, 2.05) is 0 Å². The van der Waals surface area contributed by atoms with E-state index in [1.54, 1.807) is 6.92 Å². The monoisotopic (exact) mass is 324 g/mol. The summed E-state index contributed by atoms with van der Waals surface area (Å²) in [5, 5.41) is 8.53. The first-order chi connectivity index (χ1) is 11.1. The van der Waals surface area contributed by atoms with Gasteiger partial charge in [0.25, 0.3) is 0 Å². The molecule has 0 heterocycles. The van der Waals surface area contributed by atoms with Crippen LogP contribution >= 0.6 is 0 Å². The maximum atomic E-state index is 10.8. The largest absolute Gasteiger partial charge is 0.481 e. The lowest BCUT2D eigenvalue weighted by Crippen LogP contribution is -1.93. The van der Waals surface area contributed by atoms with Crippen molar-refractivity contribution in [3.8, 4) is 0 Å². The molecule has 0 aromatic heterocycles. The molecule has 0 spiro atoms. The van der Waals surface area contributed by atoms with Crippen LogP contribution in [0.3, 0.4) is 0 Å². The van der Waals surface area contributed by atoms with E-state index < -0.39 is 5.97 Å². The Labute approximate surface area is 142 Å². The lowest BCUT2D eigenvalue weighted by molar-refractivity contribution is -0.137. The molecule has 134 valence electrons. The van der Waals surface area contributed by atoms with E-state index in [0.29, 0.717) is 12.2 Å². The number of allylic oxidation sites excluding steroid dienone is 2. The Bertz CT molecular complexity index is 321. The van der Waals surface area contributed by atoms with Crippen molar-refractivity contribution in [2.75, 3.05) is 0 Å². The fourth-order valence-electron chi connectivity index (χ4n) is 2.65. The predicted octanol–water partition coefficient (Wildman–Crippen LogP) is 6.07. The van der Waals surface area contributed by atoms with E-state index in [9.17, 15) is 9.59 Å². The molecule has 0 atom stereocenters. The summed E-state index contributed by atoms with van der Waals surface area (Å²) in [5.74, 6) is -0.362. The number of carbonyl (C=O) groups excluding carboxylic acids is 1. The maximum absolute atomic E-state index is 10.8. The molecule has 0 unspecified atom stereocenters. The Balaban J connectivity index is 3.11. The molecule has 0 aliphatic rings. The van der Waals surface area contributed by atoms with Crippen LogP contribution in [0.1, 0.15) is 103 Å². The lowest BCUT2D eigenvalue weighted by atomic mass is 10.1. The second kappa shape index (κ2) is 17.2. The van der Waals surface area contributed by atoms with Crippen LogP contribution in [-0.4, -0.2) is 16.9 Å². The van der Waals surface area contributed by atoms with Crippen molar-refractivity contribution in [1.82, 2.24) is 0 Å². The molecule has 0 radical (unpaired) electrons. The van der Waals surface area contributed by atoms with Gasteiger partial charge in [-0.05, 0) is 45.4 Å². The second-order valence-corrected chi connectivity index (χ2v) is 6.53. The zero-order valence-corrected chi connectivity index (χ0v) is 15.0. The maximum Gasteiger partial charge on any atom is 0.303 e. The molecule has 0 aromatic carbocycles. The lowest BCUT2D eigenvalue weighted by Gasteiger charge is -2.00. The van der Waals surface area contributed by atoms with Crippen LogP contribution in [0.5, 0.6) is 0 Å². The van der Waals surface area contributed by atoms with Gasteiger partial charge in [0.05, 0.1) is 0 Å². The van der Waals surface area contributed by atoms with Crippen molar-refractivity contribution >= 4 is 11.8 Å². The molecular formula is C20H36O3. The molecule has 0 rings (SSSR count). The molecule has 1 N–H and O–H groups in total. The highest BCUT2D eigenvalue weighted by Gasteiger charge is 1.96. The highest BCUT2D eigenvalue weighted by atomic mass is 16.4. The van der Waals surface area contributed by atoms with Gasteiger partial charge in [0, 0.05) is 12.8 Å². The van der Waals surface area contributed by atoms with Gasteiger partial charge in [0.15, 0.2) is 0 Å². The van der Waals surface area contributed by atoms with Crippen LogP contribution < -0.4 is 0 Å². The Morgan fingerprint density at radius 1 is 0.652 bits per heavy atom. The number of ketones is 1. The fourth-order valence-corrected chi connectivity index (χ4v) is 2.65. The van der Waals surface area contributed by atoms with Gasteiger partial charge in [-0.25, -0.2) is 0 Å². The highest BCUT2D eigenvalue weighted by molar-refractivity contribution is 5.75. The van der Waals surface area contributed by atoms with Gasteiger partial charge < -0.3 is 9.90 Å². The topological polar surface area (TPSA) is 54.4 Å². The van der Waals surface area contributed by atoms with E-state index in [1.165, 1.54) is 51.4 Å². The summed E-state index contributed by atoms with van der Waals surface area (Å²) in [6.45, 7) is 1.67. The van der Waals surface area contributed by atoms with Crippen molar-refractivity contribution in [3.63, 3.8) is 0 Å². The van der Waals surface area contributed by atoms with Gasteiger partial charge in [-0.15, -0.1) is 0 Å². The van der Waals surface area contributed by atoms with Gasteiger partial charge in [-0.3, -0.25) is 4.79 Å². The normalized spacial score (nSPS) is 11.2. The van der Waals surface area contributed by atoms with Gasteiger partial charge in [-0.2, -0.15) is 0 Å². The summed E-state index contributed by atoms with van der Waals surface area (Å²) in [4.78, 5) is 21.1. The van der Waals surface area contributed by atoms with Crippen LogP contribution in [-0.2, 0) is 9.59 Å². The highest BCUT2D eigenvalue weighted by Crippen LogP contribution is 2.10. The number of Topliss-reactive ketones (excluding diaryl/α,β-unsaturated/α-hetero) is 1. The van der Waals surface area contributed by atoms with Crippen molar-refractivity contribution < 1.29 is 14.7 Å². The number of carboxylic acid groups (broad SMARTS) is 1. The van der Waals surface area contributed by atoms with Crippen molar-refractivity contribution in [3.05, 3.63) is 12.2 Å². The minimum atomic E-state index is -0.677. The zero-order chi connectivity index (χ0) is 17.2. The van der Waals surface area contributed by atoms with Crippen LogP contribution in [0.25, 0.3) is 0 Å². The molecule has 0 amide bonds. The SMILES string of the molecule is CC(=O)CCCCCCCCC=CCCCCCCCC(=O)O. The fraction of sp³-hybridized carbons (Fsp3) is 0.800. The number of carbonyl (C=O) groups is 2. The summed E-state index contributed by atoms with van der Waals surface area (Å²) < 4.78 is 0. The number of hydrogen-bond donors (Lipinski definition) is 1. The Kier molecular flexibility index (Phi) is 16.4. The van der Waals surface area contributed by atoms with E-state index in [-0.39, 0.29) is 0 Å². The third-order valence-corrected chi connectivity index (χ3v) is 4.08. The minimum absolute atomic E-state index is 0.315. The summed E-state index contributed by atoms with van der Waals surface area (Å²) in [6.07, 6.45) is 20.9. The molecule has 0 saturated heterocycles. The molecular weight excluding hydrogens is 288 g/mol. The summed E-state index contributed by atoms with van der Waals surface area (Å²) in [5.41, 5.74) is 0. The molecule has 0 saturated carbocycles. The number of aliphatic carboxylic acids is 1. The van der Waals surface area contributed by atoms with Gasteiger partial charge >= 0.3 is 5.97 Å². The number of hydrogen-bond acceptors (Lipinski definition) is 2. The molecule has 0 bridgehead atoms. The minimum Gasteiger partial charge on any atom is -0.481 e. The number of rotatable bonds is 17. The smallest absolute Gasteiger partial charge is 0.303 e. The summed E-state index contributed by atoms with van der Waals surface area (Å²) in [6, 6.07) is 0. The third kappa shape index (κ3) is 20.9. The standard InChI is InChI=1S/C20H36O3/c1-19(21)17-15-13-11-9-7-5-3-2-4-6-8-10-12-14-16-18-20(22)23/h2,4H,3,5-18H2,1H3,(H,22,23). The number of unbranched alkanes of at least 4 members (excludes halogenated alkanes) is 11. The van der Waals surface area contributed by atoms with Gasteiger partial charge in [-0.1, -0.05) is 57.1 Å². The first kappa shape index (κ1) is 21.9. The van der Waals surface area contributed by atoms with E-state index in [2.05, 4.69) is 12.2 Å². The van der Waals surface area contributed by atoms with Crippen molar-refractivity contribution in [2.45, 2.75) is 103 Å². The molecule has 0 aromatic rings. The van der Waals surface area contributed by atoms with Crippen molar-refractivity contribution in [2.24, 2.45) is 0 Å². The first-order valence-corrected chi connectivity index (χ1v) is 9.49.